The van der Waals surface area contributed by atoms with E-state index in [0.29, 0.717) is 11.4 Å². The van der Waals surface area contributed by atoms with E-state index in [1.807, 2.05) is 6.92 Å². The number of nitrogens with zero attached hydrogens (tertiary/aromatic N) is 3. The molecular weight excluding hydrogens is 288 g/mol. The van der Waals surface area contributed by atoms with E-state index in [0.717, 1.165) is 17.8 Å². The maximum atomic E-state index is 12.0. The number of nitrogens with one attached hydrogen (secondary N) is 1. The zero-order valence-corrected chi connectivity index (χ0v) is 13.0. The van der Waals surface area contributed by atoms with Gasteiger partial charge < -0.3 is 5.32 Å². The summed E-state index contributed by atoms with van der Waals surface area (Å²) in [4.78, 5) is 18.1. The number of aryl methyl sites for hydroxylation is 3. The molecule has 112 valence electrons. The van der Waals surface area contributed by atoms with E-state index in [9.17, 15) is 4.79 Å². The van der Waals surface area contributed by atoms with Gasteiger partial charge in [-0.05, 0) is 39.5 Å². The third-order valence-electron chi connectivity index (χ3n) is 3.68. The number of amides is 1. The molecule has 6 nitrogen and oxygen atoms in total. The summed E-state index contributed by atoms with van der Waals surface area (Å²) in [6.45, 7) is 3.74. The topological polar surface area (TPSA) is 80.9 Å². The fourth-order valence-corrected chi connectivity index (χ4v) is 3.63. The van der Waals surface area contributed by atoms with Gasteiger partial charge in [-0.1, -0.05) is 10.3 Å². The largest absolute Gasteiger partial charge is 0.347 e. The van der Waals surface area contributed by atoms with Crippen molar-refractivity contribution in [2.75, 3.05) is 0 Å². The molecule has 1 amide bonds. The van der Waals surface area contributed by atoms with Crippen LogP contribution in [0.3, 0.4) is 0 Å². The summed E-state index contributed by atoms with van der Waals surface area (Å²) in [6.07, 6.45) is 4.84. The van der Waals surface area contributed by atoms with Crippen LogP contribution in [0.1, 0.15) is 52.8 Å². The summed E-state index contributed by atoms with van der Waals surface area (Å²) in [5.41, 5.74) is 2.46. The Morgan fingerprint density at radius 1 is 1.38 bits per heavy atom. The van der Waals surface area contributed by atoms with E-state index in [-0.39, 0.29) is 18.4 Å². The summed E-state index contributed by atoms with van der Waals surface area (Å²) in [6, 6.07) is -0.0757. The smallest absolute Gasteiger partial charge is 0.226 e. The molecular formula is C14H18N4O2S. The number of hydrogen-bond donors (Lipinski definition) is 1. The van der Waals surface area contributed by atoms with E-state index in [4.69, 9.17) is 0 Å². The first kappa shape index (κ1) is 14.2. The number of aromatic nitrogens is 3. The van der Waals surface area contributed by atoms with Crippen molar-refractivity contribution >= 4 is 17.2 Å². The molecule has 0 saturated heterocycles. The van der Waals surface area contributed by atoms with Gasteiger partial charge in [-0.15, -0.1) is 11.3 Å². The first-order valence-corrected chi connectivity index (χ1v) is 8.01. The Bertz CT molecular complexity index is 626. The lowest BCUT2D eigenvalue weighted by atomic mass is 10.0. The van der Waals surface area contributed by atoms with Crippen molar-refractivity contribution in [3.8, 4) is 0 Å². The van der Waals surface area contributed by atoms with E-state index < -0.39 is 0 Å². The third-order valence-corrected chi connectivity index (χ3v) is 5.02. The van der Waals surface area contributed by atoms with Crippen molar-refractivity contribution in [3.63, 3.8) is 0 Å². The molecule has 0 aliphatic heterocycles. The van der Waals surface area contributed by atoms with Crippen LogP contribution in [0.25, 0.3) is 0 Å². The summed E-state index contributed by atoms with van der Waals surface area (Å²) in [7, 11) is 0. The van der Waals surface area contributed by atoms with Gasteiger partial charge in [0.2, 0.25) is 5.91 Å². The fraction of sp³-hybridized carbons (Fsp3) is 0.571. The van der Waals surface area contributed by atoms with Gasteiger partial charge in [0, 0.05) is 4.88 Å². The lowest BCUT2D eigenvalue weighted by Crippen LogP contribution is -2.28. The molecule has 21 heavy (non-hydrogen) atoms. The molecule has 2 aromatic heterocycles. The second-order valence-corrected chi connectivity index (χ2v) is 6.51. The average Bonchev–Trinajstić information content (AvgIpc) is 3.05. The normalized spacial score (nSPS) is 15.5. The SMILES string of the molecule is Cc1nonc1CC(=O)N[C@H](C)c1nc2c(s1)CCCC2. The Morgan fingerprint density at radius 3 is 2.90 bits per heavy atom. The Morgan fingerprint density at radius 2 is 2.19 bits per heavy atom. The molecule has 7 heteroatoms. The van der Waals surface area contributed by atoms with Crippen LogP contribution >= 0.6 is 11.3 Å². The molecule has 1 atom stereocenters. The van der Waals surface area contributed by atoms with Crippen molar-refractivity contribution in [1.82, 2.24) is 20.6 Å². The predicted molar refractivity (Wildman–Crippen MR) is 78.1 cm³/mol. The minimum Gasteiger partial charge on any atom is -0.347 e. The number of fused-ring (bicyclic) bond motifs is 1. The molecule has 0 unspecified atom stereocenters. The van der Waals surface area contributed by atoms with E-state index >= 15 is 0 Å². The lowest BCUT2D eigenvalue weighted by Gasteiger charge is -2.10. The van der Waals surface area contributed by atoms with Crippen LogP contribution in [0.5, 0.6) is 0 Å². The van der Waals surface area contributed by atoms with Gasteiger partial charge in [-0.3, -0.25) is 4.79 Å². The number of carbonyl (C=O) groups is 1. The van der Waals surface area contributed by atoms with E-state index in [1.165, 1.54) is 23.4 Å². The van der Waals surface area contributed by atoms with Gasteiger partial charge in [0.1, 0.15) is 16.4 Å². The number of rotatable bonds is 4. The first-order valence-electron chi connectivity index (χ1n) is 7.19. The zero-order valence-electron chi connectivity index (χ0n) is 12.2. The van der Waals surface area contributed by atoms with Crippen molar-refractivity contribution in [2.45, 2.75) is 52.0 Å². The molecule has 1 aliphatic carbocycles. The monoisotopic (exact) mass is 306 g/mol. The highest BCUT2D eigenvalue weighted by atomic mass is 32.1. The van der Waals surface area contributed by atoms with E-state index in [1.54, 1.807) is 18.3 Å². The summed E-state index contributed by atoms with van der Waals surface area (Å²) >= 11 is 1.72. The number of thiazole rings is 1. The fourth-order valence-electron chi connectivity index (χ4n) is 2.47. The average molecular weight is 306 g/mol. The second-order valence-electron chi connectivity index (χ2n) is 5.39. The van der Waals surface area contributed by atoms with Crippen LogP contribution in [0.2, 0.25) is 0 Å². The van der Waals surface area contributed by atoms with Gasteiger partial charge >= 0.3 is 0 Å². The number of hydrogen-bond acceptors (Lipinski definition) is 6. The van der Waals surface area contributed by atoms with Crippen LogP contribution in [-0.2, 0) is 24.1 Å². The highest BCUT2D eigenvalue weighted by molar-refractivity contribution is 7.11. The maximum Gasteiger partial charge on any atom is 0.226 e. The first-order chi connectivity index (χ1) is 10.1. The van der Waals surface area contributed by atoms with Crippen LogP contribution < -0.4 is 5.32 Å². The Kier molecular flexibility index (Phi) is 4.01. The molecule has 0 saturated carbocycles. The highest BCUT2D eigenvalue weighted by Crippen LogP contribution is 2.29. The second kappa shape index (κ2) is 5.93. The molecule has 3 rings (SSSR count). The molecule has 1 aliphatic rings. The minimum absolute atomic E-state index is 0.0757. The molecule has 0 radical (unpaired) electrons. The highest BCUT2D eigenvalue weighted by Gasteiger charge is 2.20. The predicted octanol–water partition coefficient (Wildman–Crippen LogP) is 2.13. The molecule has 2 heterocycles. The molecule has 2 aromatic rings. The van der Waals surface area contributed by atoms with Crippen LogP contribution in [0, 0.1) is 6.92 Å². The quantitative estimate of drug-likeness (QED) is 0.936. The minimum atomic E-state index is -0.0885. The Hall–Kier alpha value is -1.76. The van der Waals surface area contributed by atoms with Crippen LogP contribution in [0.4, 0.5) is 0 Å². The Balaban J connectivity index is 1.63. The molecule has 1 N–H and O–H groups in total. The summed E-state index contributed by atoms with van der Waals surface area (Å²) in [5.74, 6) is -0.0885. The van der Waals surface area contributed by atoms with Crippen LogP contribution in [0.15, 0.2) is 4.63 Å². The zero-order chi connectivity index (χ0) is 14.8. The standard InChI is InChI=1S/C14H18N4O2S/c1-8-11(18-20-17-8)7-13(19)15-9(2)14-16-10-5-3-4-6-12(10)21-14/h9H,3-7H2,1-2H3,(H,15,19)/t9-/m1/s1. The lowest BCUT2D eigenvalue weighted by molar-refractivity contribution is -0.121. The van der Waals surface area contributed by atoms with Crippen molar-refractivity contribution in [3.05, 3.63) is 27.0 Å². The Labute approximate surface area is 126 Å². The molecule has 0 aromatic carbocycles. The van der Waals surface area contributed by atoms with Gasteiger partial charge in [-0.25, -0.2) is 9.61 Å². The summed E-state index contributed by atoms with van der Waals surface area (Å²) < 4.78 is 4.60. The van der Waals surface area contributed by atoms with Crippen molar-refractivity contribution < 1.29 is 9.42 Å². The van der Waals surface area contributed by atoms with Crippen molar-refractivity contribution in [2.24, 2.45) is 0 Å². The van der Waals surface area contributed by atoms with Crippen LogP contribution in [-0.4, -0.2) is 21.2 Å². The third kappa shape index (κ3) is 3.12. The number of carbonyl (C=O) groups excluding carboxylic acids is 1. The van der Waals surface area contributed by atoms with Crippen molar-refractivity contribution in [1.29, 1.82) is 0 Å². The van der Waals surface area contributed by atoms with Gasteiger partial charge in [0.15, 0.2) is 0 Å². The van der Waals surface area contributed by atoms with Gasteiger partial charge in [0.25, 0.3) is 0 Å². The molecule has 0 fully saturated rings. The van der Waals surface area contributed by atoms with Gasteiger partial charge in [-0.2, -0.15) is 0 Å². The molecule has 0 bridgehead atoms. The van der Waals surface area contributed by atoms with E-state index in [2.05, 4.69) is 25.2 Å². The molecule has 0 spiro atoms. The van der Waals surface area contributed by atoms with Gasteiger partial charge in [0.05, 0.1) is 18.2 Å². The summed E-state index contributed by atoms with van der Waals surface area (Å²) in [5, 5.41) is 11.4. The maximum absolute atomic E-state index is 12.0.